The van der Waals surface area contributed by atoms with Gasteiger partial charge in [0.05, 0.1) is 11.0 Å². The Morgan fingerprint density at radius 3 is 2.78 bits per heavy atom. The topological polar surface area (TPSA) is 89.7 Å². The molecular formula is C12H13NO5. The molecule has 0 aromatic heterocycles. The van der Waals surface area contributed by atoms with Crippen LogP contribution in [0.1, 0.15) is 29.6 Å². The second kappa shape index (κ2) is 5.14. The zero-order valence-electron chi connectivity index (χ0n) is 9.61. The molecule has 96 valence electrons. The van der Waals surface area contributed by atoms with Crippen molar-refractivity contribution in [3.8, 4) is 5.75 Å². The van der Waals surface area contributed by atoms with E-state index in [9.17, 15) is 20.0 Å². The lowest BCUT2D eigenvalue weighted by atomic mass is 10.2. The van der Waals surface area contributed by atoms with Crippen LogP contribution in [0.5, 0.6) is 5.75 Å². The van der Waals surface area contributed by atoms with Crippen LogP contribution >= 0.6 is 0 Å². The molecule has 2 atom stereocenters. The second-order valence-corrected chi connectivity index (χ2v) is 4.26. The predicted octanol–water partition coefficient (Wildman–Crippen LogP) is 1.70. The smallest absolute Gasteiger partial charge is 0.310 e. The van der Waals surface area contributed by atoms with E-state index in [1.54, 1.807) is 0 Å². The van der Waals surface area contributed by atoms with Gasteiger partial charge in [-0.2, -0.15) is 0 Å². The first kappa shape index (κ1) is 12.5. The number of nitro groups is 1. The summed E-state index contributed by atoms with van der Waals surface area (Å²) >= 11 is 0. The fourth-order valence-corrected chi connectivity index (χ4v) is 2.06. The number of aliphatic hydroxyl groups excluding tert-OH is 1. The van der Waals surface area contributed by atoms with Gasteiger partial charge in [-0.15, -0.1) is 0 Å². The molecule has 0 saturated heterocycles. The van der Waals surface area contributed by atoms with Crippen molar-refractivity contribution in [3.63, 3.8) is 0 Å². The molecule has 1 aliphatic carbocycles. The van der Waals surface area contributed by atoms with Gasteiger partial charge in [-0.1, -0.05) is 0 Å². The highest BCUT2D eigenvalue weighted by Gasteiger charge is 2.29. The third-order valence-electron chi connectivity index (χ3n) is 3.01. The molecular weight excluding hydrogens is 238 g/mol. The van der Waals surface area contributed by atoms with Gasteiger partial charge >= 0.3 is 5.69 Å². The number of rotatable bonds is 4. The Morgan fingerprint density at radius 1 is 1.44 bits per heavy atom. The number of benzene rings is 1. The molecule has 1 aromatic rings. The summed E-state index contributed by atoms with van der Waals surface area (Å²) in [5.41, 5.74) is 0.114. The van der Waals surface area contributed by atoms with Crippen LogP contribution in [0.15, 0.2) is 18.2 Å². The van der Waals surface area contributed by atoms with E-state index in [-0.39, 0.29) is 11.4 Å². The predicted molar refractivity (Wildman–Crippen MR) is 62.8 cm³/mol. The third kappa shape index (κ3) is 2.48. The number of aliphatic hydroxyl groups is 1. The highest BCUT2D eigenvalue weighted by atomic mass is 16.6. The molecule has 1 aliphatic rings. The number of hydrogen-bond donors (Lipinski definition) is 1. The molecule has 0 heterocycles. The maximum absolute atomic E-state index is 10.9. The number of hydrogen-bond acceptors (Lipinski definition) is 5. The van der Waals surface area contributed by atoms with E-state index in [1.165, 1.54) is 18.2 Å². The second-order valence-electron chi connectivity index (χ2n) is 4.26. The number of nitrogens with zero attached hydrogens (tertiary/aromatic N) is 1. The van der Waals surface area contributed by atoms with E-state index in [0.29, 0.717) is 24.7 Å². The fourth-order valence-electron chi connectivity index (χ4n) is 2.06. The van der Waals surface area contributed by atoms with Crippen molar-refractivity contribution in [1.82, 2.24) is 0 Å². The minimum absolute atomic E-state index is 0.0375. The third-order valence-corrected chi connectivity index (χ3v) is 3.01. The van der Waals surface area contributed by atoms with Crippen molar-refractivity contribution in [2.24, 2.45) is 0 Å². The summed E-state index contributed by atoms with van der Waals surface area (Å²) in [6.45, 7) is 0. The average molecular weight is 251 g/mol. The Kier molecular flexibility index (Phi) is 3.57. The van der Waals surface area contributed by atoms with Crippen LogP contribution in [0.3, 0.4) is 0 Å². The van der Waals surface area contributed by atoms with E-state index in [4.69, 9.17) is 4.74 Å². The first-order chi connectivity index (χ1) is 8.61. The lowest BCUT2D eigenvalue weighted by molar-refractivity contribution is -0.386. The van der Waals surface area contributed by atoms with E-state index in [2.05, 4.69) is 0 Å². The van der Waals surface area contributed by atoms with Gasteiger partial charge in [0.25, 0.3) is 0 Å². The Hall–Kier alpha value is -1.95. The maximum Gasteiger partial charge on any atom is 0.310 e. The molecule has 1 saturated carbocycles. The van der Waals surface area contributed by atoms with Crippen molar-refractivity contribution in [2.75, 3.05) is 0 Å². The lowest BCUT2D eigenvalue weighted by Crippen LogP contribution is -2.26. The summed E-state index contributed by atoms with van der Waals surface area (Å²) in [5, 5.41) is 20.5. The number of aldehydes is 1. The van der Waals surface area contributed by atoms with E-state index in [1.807, 2.05) is 0 Å². The van der Waals surface area contributed by atoms with Crippen LogP contribution in [0, 0.1) is 10.1 Å². The number of carbonyl (C=O) groups excluding carboxylic acids is 1. The summed E-state index contributed by atoms with van der Waals surface area (Å²) in [5.74, 6) is 0.0375. The molecule has 1 N–H and O–H groups in total. The summed E-state index contributed by atoms with van der Waals surface area (Å²) < 4.78 is 5.47. The minimum atomic E-state index is -0.607. The zero-order chi connectivity index (χ0) is 13.1. The molecule has 1 fully saturated rings. The van der Waals surface area contributed by atoms with Crippen molar-refractivity contribution in [2.45, 2.75) is 31.5 Å². The van der Waals surface area contributed by atoms with Crippen molar-refractivity contribution in [3.05, 3.63) is 33.9 Å². The maximum atomic E-state index is 10.9. The molecule has 0 radical (unpaired) electrons. The Balaban J connectivity index is 2.28. The van der Waals surface area contributed by atoms with Gasteiger partial charge in [0.1, 0.15) is 12.4 Å². The largest absolute Gasteiger partial charge is 0.481 e. The van der Waals surface area contributed by atoms with Crippen LogP contribution in [-0.4, -0.2) is 28.5 Å². The van der Waals surface area contributed by atoms with Crippen molar-refractivity contribution < 1.29 is 19.6 Å². The van der Waals surface area contributed by atoms with Crippen molar-refractivity contribution in [1.29, 1.82) is 0 Å². The summed E-state index contributed by atoms with van der Waals surface area (Å²) in [7, 11) is 0. The minimum Gasteiger partial charge on any atom is -0.481 e. The lowest BCUT2D eigenvalue weighted by Gasteiger charge is -2.17. The highest BCUT2D eigenvalue weighted by molar-refractivity contribution is 5.76. The van der Waals surface area contributed by atoms with Crippen molar-refractivity contribution >= 4 is 12.0 Å². The van der Waals surface area contributed by atoms with Crippen LogP contribution < -0.4 is 4.74 Å². The van der Waals surface area contributed by atoms with E-state index in [0.717, 1.165) is 6.42 Å². The molecule has 6 nitrogen and oxygen atoms in total. The quantitative estimate of drug-likeness (QED) is 0.499. The summed E-state index contributed by atoms with van der Waals surface area (Å²) in [6, 6.07) is 3.93. The van der Waals surface area contributed by atoms with Gasteiger partial charge in [0, 0.05) is 11.6 Å². The number of ether oxygens (including phenoxy) is 1. The number of carbonyl (C=O) groups is 1. The van der Waals surface area contributed by atoms with Gasteiger partial charge in [-0.25, -0.2) is 0 Å². The van der Waals surface area contributed by atoms with Gasteiger partial charge in [0.15, 0.2) is 5.75 Å². The van der Waals surface area contributed by atoms with Gasteiger partial charge in [-0.05, 0) is 31.4 Å². The first-order valence-corrected chi connectivity index (χ1v) is 5.70. The van der Waals surface area contributed by atoms with E-state index >= 15 is 0 Å². The normalized spacial score (nSPS) is 22.7. The highest BCUT2D eigenvalue weighted by Crippen LogP contribution is 2.32. The molecule has 2 unspecified atom stereocenters. The van der Waals surface area contributed by atoms with Crippen LogP contribution in [0.2, 0.25) is 0 Å². The number of nitro benzene ring substituents is 1. The zero-order valence-corrected chi connectivity index (χ0v) is 9.61. The molecule has 1 aromatic carbocycles. The molecule has 0 bridgehead atoms. The Bertz CT molecular complexity index is 474. The van der Waals surface area contributed by atoms with Crippen LogP contribution in [-0.2, 0) is 0 Å². The van der Waals surface area contributed by atoms with Gasteiger partial charge < -0.3 is 9.84 Å². The Labute approximate surface area is 103 Å². The molecule has 0 amide bonds. The monoisotopic (exact) mass is 251 g/mol. The van der Waals surface area contributed by atoms with Crippen LogP contribution in [0.25, 0.3) is 0 Å². The standard InChI is InChI=1S/C12H13NO5/c14-7-8-4-5-9(13(16)17)12(6-8)18-11-3-1-2-10(11)15/h4-7,10-11,15H,1-3H2. The Morgan fingerprint density at radius 2 is 2.22 bits per heavy atom. The molecule has 0 spiro atoms. The van der Waals surface area contributed by atoms with Crippen LogP contribution in [0.4, 0.5) is 5.69 Å². The van der Waals surface area contributed by atoms with Gasteiger partial charge in [-0.3, -0.25) is 14.9 Å². The molecule has 0 aliphatic heterocycles. The molecule has 6 heteroatoms. The molecule has 18 heavy (non-hydrogen) atoms. The summed E-state index contributed by atoms with van der Waals surface area (Å²) in [6.07, 6.45) is 1.67. The average Bonchev–Trinajstić information content (AvgIpc) is 2.74. The van der Waals surface area contributed by atoms with Gasteiger partial charge in [0.2, 0.25) is 0 Å². The molecule has 2 rings (SSSR count). The SMILES string of the molecule is O=Cc1ccc([N+](=O)[O-])c(OC2CCCC2O)c1. The van der Waals surface area contributed by atoms with E-state index < -0.39 is 17.1 Å². The summed E-state index contributed by atoms with van der Waals surface area (Å²) in [4.78, 5) is 21.0. The first-order valence-electron chi connectivity index (χ1n) is 5.70. The fraction of sp³-hybridized carbons (Fsp3) is 0.417.